The van der Waals surface area contributed by atoms with Crippen LogP contribution in [0.5, 0.6) is 5.75 Å². The van der Waals surface area contributed by atoms with E-state index in [1.54, 1.807) is 0 Å². The number of hydrogen-bond donors (Lipinski definition) is 0. The van der Waals surface area contributed by atoms with Gasteiger partial charge in [0.1, 0.15) is 5.75 Å². The maximum absolute atomic E-state index is 8.91. The zero-order valence-electron chi connectivity index (χ0n) is 10.2. The lowest BCUT2D eigenvalue weighted by molar-refractivity contribution is 0.322. The maximum atomic E-state index is 8.91. The Kier molecular flexibility index (Phi) is 3.87. The molecule has 1 unspecified atom stereocenters. The van der Waals surface area contributed by atoms with Gasteiger partial charge < -0.3 is 9.64 Å². The van der Waals surface area contributed by atoms with Gasteiger partial charge in [-0.3, -0.25) is 0 Å². The van der Waals surface area contributed by atoms with Gasteiger partial charge in [0.15, 0.2) is 0 Å². The summed E-state index contributed by atoms with van der Waals surface area (Å²) in [6.45, 7) is 3.87. The molecule has 0 amide bonds. The predicted molar refractivity (Wildman–Crippen MR) is 68.2 cm³/mol. The van der Waals surface area contributed by atoms with Crippen LogP contribution in [0.3, 0.4) is 0 Å². The van der Waals surface area contributed by atoms with Gasteiger partial charge in [-0.1, -0.05) is 19.1 Å². The van der Waals surface area contributed by atoms with Crippen LogP contribution in [0.1, 0.15) is 26.2 Å². The van der Waals surface area contributed by atoms with E-state index in [2.05, 4.69) is 24.0 Å². The van der Waals surface area contributed by atoms with Gasteiger partial charge in [-0.15, -0.1) is 0 Å². The smallest absolute Gasteiger partial charge is 0.142 e. The molecule has 0 aliphatic carbocycles. The first-order valence-electron chi connectivity index (χ1n) is 6.22. The number of ether oxygens (including phenoxy) is 1. The molecule has 3 heteroatoms. The van der Waals surface area contributed by atoms with Gasteiger partial charge in [-0.25, -0.2) is 0 Å². The Morgan fingerprint density at radius 1 is 1.47 bits per heavy atom. The number of benzene rings is 1. The van der Waals surface area contributed by atoms with E-state index in [0.29, 0.717) is 12.5 Å². The number of nitriles is 1. The van der Waals surface area contributed by atoms with Crippen LogP contribution in [0.25, 0.3) is 0 Å². The van der Waals surface area contributed by atoms with Crippen molar-refractivity contribution in [2.75, 3.05) is 18.1 Å². The zero-order chi connectivity index (χ0) is 12.1. The standard InChI is InChI=1S/C14H18N2O/c1-2-12(8-9-15)16-10-5-11-17-14-7-4-3-6-13(14)16/h3-4,6-7,12H,2,5,8,10-11H2,1H3. The largest absolute Gasteiger partial charge is 0.491 e. The van der Waals surface area contributed by atoms with E-state index in [0.717, 1.165) is 37.4 Å². The SMILES string of the molecule is CCC(CC#N)N1CCCOc2ccccc21. The van der Waals surface area contributed by atoms with Crippen molar-refractivity contribution in [1.82, 2.24) is 0 Å². The summed E-state index contributed by atoms with van der Waals surface area (Å²) in [6.07, 6.45) is 2.57. The Morgan fingerprint density at radius 3 is 3.06 bits per heavy atom. The van der Waals surface area contributed by atoms with E-state index in [1.165, 1.54) is 0 Å². The molecule has 1 aliphatic heterocycles. The van der Waals surface area contributed by atoms with E-state index in [-0.39, 0.29) is 0 Å². The maximum Gasteiger partial charge on any atom is 0.142 e. The highest BCUT2D eigenvalue weighted by molar-refractivity contribution is 5.59. The number of fused-ring (bicyclic) bond motifs is 1. The Hall–Kier alpha value is -1.69. The van der Waals surface area contributed by atoms with Crippen LogP contribution in [0.15, 0.2) is 24.3 Å². The normalized spacial score (nSPS) is 16.4. The first kappa shape index (κ1) is 11.8. The fourth-order valence-electron chi connectivity index (χ4n) is 2.31. The molecule has 0 radical (unpaired) electrons. The van der Waals surface area contributed by atoms with E-state index in [4.69, 9.17) is 10.00 Å². The van der Waals surface area contributed by atoms with Crippen molar-refractivity contribution in [2.45, 2.75) is 32.2 Å². The minimum absolute atomic E-state index is 0.294. The van der Waals surface area contributed by atoms with E-state index in [1.807, 2.05) is 18.2 Å². The fourth-order valence-corrected chi connectivity index (χ4v) is 2.31. The minimum Gasteiger partial charge on any atom is -0.491 e. The van der Waals surface area contributed by atoms with Gasteiger partial charge in [0, 0.05) is 12.6 Å². The molecule has 0 fully saturated rings. The summed E-state index contributed by atoms with van der Waals surface area (Å²) in [7, 11) is 0. The van der Waals surface area contributed by atoms with Crippen LogP contribution in [-0.4, -0.2) is 19.2 Å². The quantitative estimate of drug-likeness (QED) is 0.801. The Bertz CT molecular complexity index is 411. The second-order valence-corrected chi connectivity index (χ2v) is 4.29. The third-order valence-electron chi connectivity index (χ3n) is 3.21. The van der Waals surface area contributed by atoms with Crippen molar-refractivity contribution in [3.8, 4) is 11.8 Å². The summed E-state index contributed by atoms with van der Waals surface area (Å²) in [4.78, 5) is 2.32. The van der Waals surface area contributed by atoms with Gasteiger partial charge in [-0.2, -0.15) is 5.26 Å². The Balaban J connectivity index is 2.30. The van der Waals surface area contributed by atoms with Crippen molar-refractivity contribution in [3.63, 3.8) is 0 Å². The molecule has 0 saturated heterocycles. The Morgan fingerprint density at radius 2 is 2.29 bits per heavy atom. The molecule has 0 aromatic heterocycles. The van der Waals surface area contributed by atoms with Crippen molar-refractivity contribution in [1.29, 1.82) is 5.26 Å². The summed E-state index contributed by atoms with van der Waals surface area (Å²) in [5.74, 6) is 0.946. The summed E-state index contributed by atoms with van der Waals surface area (Å²) in [5.41, 5.74) is 1.13. The number of hydrogen-bond acceptors (Lipinski definition) is 3. The van der Waals surface area contributed by atoms with Crippen molar-refractivity contribution in [3.05, 3.63) is 24.3 Å². The molecule has 1 atom stereocenters. The number of nitrogens with zero attached hydrogens (tertiary/aromatic N) is 2. The number of rotatable bonds is 3. The average molecular weight is 230 g/mol. The molecule has 0 saturated carbocycles. The summed E-state index contributed by atoms with van der Waals surface area (Å²) in [5, 5.41) is 8.91. The van der Waals surface area contributed by atoms with Gasteiger partial charge in [-0.05, 0) is 25.0 Å². The molecule has 2 rings (SSSR count). The van der Waals surface area contributed by atoms with Gasteiger partial charge in [0.2, 0.25) is 0 Å². The van der Waals surface area contributed by atoms with Crippen LogP contribution in [0.2, 0.25) is 0 Å². The van der Waals surface area contributed by atoms with Crippen LogP contribution < -0.4 is 9.64 Å². The highest BCUT2D eigenvalue weighted by Crippen LogP contribution is 2.32. The monoisotopic (exact) mass is 230 g/mol. The molecule has 0 spiro atoms. The van der Waals surface area contributed by atoms with Crippen molar-refractivity contribution >= 4 is 5.69 Å². The molecule has 17 heavy (non-hydrogen) atoms. The van der Waals surface area contributed by atoms with E-state index in [9.17, 15) is 0 Å². The zero-order valence-corrected chi connectivity index (χ0v) is 10.2. The molecule has 1 heterocycles. The van der Waals surface area contributed by atoms with Gasteiger partial charge in [0.05, 0.1) is 24.8 Å². The molecule has 1 aromatic rings. The van der Waals surface area contributed by atoms with Crippen LogP contribution >= 0.6 is 0 Å². The van der Waals surface area contributed by atoms with Crippen molar-refractivity contribution < 1.29 is 4.74 Å². The van der Waals surface area contributed by atoms with Crippen molar-refractivity contribution in [2.24, 2.45) is 0 Å². The first-order valence-corrected chi connectivity index (χ1v) is 6.22. The summed E-state index contributed by atoms with van der Waals surface area (Å²) in [6, 6.07) is 10.7. The summed E-state index contributed by atoms with van der Waals surface area (Å²) >= 11 is 0. The molecule has 0 bridgehead atoms. The molecule has 3 nitrogen and oxygen atoms in total. The number of anilines is 1. The topological polar surface area (TPSA) is 36.3 Å². The van der Waals surface area contributed by atoms with Crippen LogP contribution in [-0.2, 0) is 0 Å². The molecular weight excluding hydrogens is 212 g/mol. The highest BCUT2D eigenvalue weighted by atomic mass is 16.5. The first-order chi connectivity index (χ1) is 8.36. The predicted octanol–water partition coefficient (Wildman–Crippen LogP) is 2.97. The molecule has 0 N–H and O–H groups in total. The third kappa shape index (κ3) is 2.52. The lowest BCUT2D eigenvalue weighted by atomic mass is 10.1. The van der Waals surface area contributed by atoms with Crippen LogP contribution in [0.4, 0.5) is 5.69 Å². The minimum atomic E-state index is 0.294. The molecule has 1 aromatic carbocycles. The molecule has 1 aliphatic rings. The summed E-state index contributed by atoms with van der Waals surface area (Å²) < 4.78 is 5.73. The second-order valence-electron chi connectivity index (χ2n) is 4.29. The van der Waals surface area contributed by atoms with Crippen LogP contribution in [0, 0.1) is 11.3 Å². The lowest BCUT2D eigenvalue weighted by Gasteiger charge is -2.31. The lowest BCUT2D eigenvalue weighted by Crippen LogP contribution is -2.35. The average Bonchev–Trinajstić information content (AvgIpc) is 2.58. The fraction of sp³-hybridized carbons (Fsp3) is 0.500. The van der Waals surface area contributed by atoms with E-state index >= 15 is 0 Å². The number of para-hydroxylation sites is 2. The van der Waals surface area contributed by atoms with E-state index < -0.39 is 0 Å². The van der Waals surface area contributed by atoms with Gasteiger partial charge >= 0.3 is 0 Å². The third-order valence-corrected chi connectivity index (χ3v) is 3.21. The molecule has 90 valence electrons. The molecular formula is C14H18N2O. The Labute approximate surface area is 103 Å². The highest BCUT2D eigenvalue weighted by Gasteiger charge is 2.22. The second kappa shape index (κ2) is 5.58. The van der Waals surface area contributed by atoms with Gasteiger partial charge in [0.25, 0.3) is 0 Å².